The Bertz CT molecular complexity index is 498. The van der Waals surface area contributed by atoms with Crippen LogP contribution in [0.15, 0.2) is 24.3 Å². The first-order valence-electron chi connectivity index (χ1n) is 4.98. The van der Waals surface area contributed by atoms with Crippen LogP contribution in [0.1, 0.15) is 10.4 Å². The van der Waals surface area contributed by atoms with Gasteiger partial charge >= 0.3 is 5.97 Å². The molecule has 6 heteroatoms. The minimum Gasteiger partial charge on any atom is -0.478 e. The molecule has 6 nitrogen and oxygen atoms in total. The molecular weight excluding hydrogens is 224 g/mol. The average molecular weight is 234 g/mol. The number of nitrogens with one attached hydrogen (secondary N) is 1. The van der Waals surface area contributed by atoms with Gasteiger partial charge in [-0.15, -0.1) is 0 Å². The minimum absolute atomic E-state index is 0.0594. The van der Waals surface area contributed by atoms with E-state index < -0.39 is 5.97 Å². The predicted octanol–water partition coefficient (Wildman–Crippen LogP) is -0.152. The lowest BCUT2D eigenvalue weighted by Gasteiger charge is -2.26. The SMILES string of the molecule is O=C1CN(c2cccc(C(=O)O)c2)C(=O)CN1. The Morgan fingerprint density at radius 1 is 1.35 bits per heavy atom. The van der Waals surface area contributed by atoms with E-state index in [1.54, 1.807) is 12.1 Å². The van der Waals surface area contributed by atoms with Gasteiger partial charge in [0.1, 0.15) is 6.54 Å². The monoisotopic (exact) mass is 234 g/mol. The number of hydrogen-bond donors (Lipinski definition) is 2. The van der Waals surface area contributed by atoms with Gasteiger partial charge in [-0.2, -0.15) is 0 Å². The van der Waals surface area contributed by atoms with E-state index in [0.29, 0.717) is 5.69 Å². The molecule has 0 bridgehead atoms. The van der Waals surface area contributed by atoms with Crippen LogP contribution < -0.4 is 10.2 Å². The first-order chi connectivity index (χ1) is 8.08. The molecule has 17 heavy (non-hydrogen) atoms. The number of rotatable bonds is 2. The molecule has 0 unspecified atom stereocenters. The molecule has 1 saturated heterocycles. The molecule has 2 amide bonds. The van der Waals surface area contributed by atoms with E-state index in [1.807, 2.05) is 0 Å². The zero-order valence-electron chi connectivity index (χ0n) is 8.84. The van der Waals surface area contributed by atoms with E-state index in [-0.39, 0.29) is 30.5 Å². The summed E-state index contributed by atoms with van der Waals surface area (Å²) in [6.07, 6.45) is 0. The zero-order valence-corrected chi connectivity index (χ0v) is 8.84. The normalized spacial score (nSPS) is 15.6. The molecule has 0 aromatic heterocycles. The third-order valence-corrected chi connectivity index (χ3v) is 2.44. The fourth-order valence-corrected chi connectivity index (χ4v) is 1.60. The fourth-order valence-electron chi connectivity index (χ4n) is 1.60. The van der Waals surface area contributed by atoms with Crippen molar-refractivity contribution in [3.05, 3.63) is 29.8 Å². The molecule has 1 heterocycles. The van der Waals surface area contributed by atoms with Crippen LogP contribution in [-0.2, 0) is 9.59 Å². The lowest BCUT2D eigenvalue weighted by molar-refractivity contribution is -0.128. The van der Waals surface area contributed by atoms with Gasteiger partial charge in [0.2, 0.25) is 11.8 Å². The van der Waals surface area contributed by atoms with Crippen molar-refractivity contribution in [3.63, 3.8) is 0 Å². The number of anilines is 1. The van der Waals surface area contributed by atoms with E-state index >= 15 is 0 Å². The summed E-state index contributed by atoms with van der Waals surface area (Å²) in [5, 5.41) is 11.3. The zero-order chi connectivity index (χ0) is 12.4. The highest BCUT2D eigenvalue weighted by atomic mass is 16.4. The van der Waals surface area contributed by atoms with Gasteiger partial charge in [-0.3, -0.25) is 9.59 Å². The third kappa shape index (κ3) is 2.25. The molecule has 2 rings (SSSR count). The summed E-state index contributed by atoms with van der Waals surface area (Å²) in [4.78, 5) is 34.8. The van der Waals surface area contributed by atoms with Gasteiger partial charge in [0.15, 0.2) is 0 Å². The number of piperazine rings is 1. The van der Waals surface area contributed by atoms with Crippen LogP contribution in [0.2, 0.25) is 0 Å². The van der Waals surface area contributed by atoms with E-state index in [1.165, 1.54) is 17.0 Å². The maximum atomic E-state index is 11.6. The van der Waals surface area contributed by atoms with E-state index in [2.05, 4.69) is 5.32 Å². The Kier molecular flexibility index (Phi) is 2.78. The molecule has 1 aromatic rings. The number of amides is 2. The Balaban J connectivity index is 2.32. The first kappa shape index (κ1) is 11.1. The number of hydrogen-bond acceptors (Lipinski definition) is 3. The van der Waals surface area contributed by atoms with Crippen molar-refractivity contribution in [2.45, 2.75) is 0 Å². The van der Waals surface area contributed by atoms with Crippen molar-refractivity contribution in [2.24, 2.45) is 0 Å². The van der Waals surface area contributed by atoms with Crippen LogP contribution in [0.5, 0.6) is 0 Å². The predicted molar refractivity (Wildman–Crippen MR) is 58.8 cm³/mol. The van der Waals surface area contributed by atoms with Crippen molar-refractivity contribution in [1.29, 1.82) is 0 Å². The summed E-state index contributed by atoms with van der Waals surface area (Å²) in [6.45, 7) is -0.141. The summed E-state index contributed by atoms with van der Waals surface area (Å²) in [5.41, 5.74) is 0.506. The highest BCUT2D eigenvalue weighted by molar-refractivity contribution is 6.05. The maximum Gasteiger partial charge on any atom is 0.335 e. The van der Waals surface area contributed by atoms with Crippen LogP contribution >= 0.6 is 0 Å². The summed E-state index contributed by atoms with van der Waals surface area (Å²) in [6, 6.07) is 5.95. The quantitative estimate of drug-likeness (QED) is 0.744. The molecule has 1 aromatic carbocycles. The number of benzene rings is 1. The summed E-state index contributed by atoms with van der Waals surface area (Å²) >= 11 is 0. The Morgan fingerprint density at radius 3 is 2.82 bits per heavy atom. The van der Waals surface area contributed by atoms with Crippen LogP contribution in [-0.4, -0.2) is 36.0 Å². The molecule has 1 aliphatic rings. The lowest BCUT2D eigenvalue weighted by Crippen LogP contribution is -2.51. The van der Waals surface area contributed by atoms with Crippen molar-refractivity contribution in [1.82, 2.24) is 5.32 Å². The molecule has 2 N–H and O–H groups in total. The van der Waals surface area contributed by atoms with Crippen LogP contribution in [0.25, 0.3) is 0 Å². The van der Waals surface area contributed by atoms with Crippen LogP contribution in [0.4, 0.5) is 5.69 Å². The van der Waals surface area contributed by atoms with Gasteiger partial charge in [0, 0.05) is 5.69 Å². The maximum absolute atomic E-state index is 11.6. The number of carboxylic acid groups (broad SMARTS) is 1. The highest BCUT2D eigenvalue weighted by Gasteiger charge is 2.24. The molecule has 88 valence electrons. The van der Waals surface area contributed by atoms with Gasteiger partial charge < -0.3 is 15.3 Å². The minimum atomic E-state index is -1.07. The van der Waals surface area contributed by atoms with Gasteiger partial charge in [-0.25, -0.2) is 4.79 Å². The number of carbonyl (C=O) groups is 3. The molecule has 1 aliphatic heterocycles. The second kappa shape index (κ2) is 4.25. The summed E-state index contributed by atoms with van der Waals surface area (Å²) < 4.78 is 0. The van der Waals surface area contributed by atoms with Gasteiger partial charge in [0.25, 0.3) is 0 Å². The van der Waals surface area contributed by atoms with Crippen molar-refractivity contribution in [3.8, 4) is 0 Å². The Morgan fingerprint density at radius 2 is 2.12 bits per heavy atom. The van der Waals surface area contributed by atoms with Crippen molar-refractivity contribution < 1.29 is 19.5 Å². The number of aromatic carboxylic acids is 1. The van der Waals surface area contributed by atoms with Gasteiger partial charge in [-0.05, 0) is 18.2 Å². The van der Waals surface area contributed by atoms with Crippen molar-refractivity contribution >= 4 is 23.5 Å². The Hall–Kier alpha value is -2.37. The largest absolute Gasteiger partial charge is 0.478 e. The fraction of sp³-hybridized carbons (Fsp3) is 0.182. The Labute approximate surface area is 96.8 Å². The molecule has 0 radical (unpaired) electrons. The lowest BCUT2D eigenvalue weighted by atomic mass is 10.1. The van der Waals surface area contributed by atoms with Gasteiger partial charge in [-0.1, -0.05) is 6.07 Å². The van der Waals surface area contributed by atoms with E-state index in [9.17, 15) is 14.4 Å². The summed E-state index contributed by atoms with van der Waals surface area (Å²) in [5.74, 6) is -1.58. The molecule has 0 aliphatic carbocycles. The molecule has 0 spiro atoms. The molecule has 0 atom stereocenters. The molecule has 0 saturated carbocycles. The molecule has 1 fully saturated rings. The molecular formula is C11H10N2O4. The van der Waals surface area contributed by atoms with E-state index in [0.717, 1.165) is 0 Å². The van der Waals surface area contributed by atoms with Crippen LogP contribution in [0.3, 0.4) is 0 Å². The smallest absolute Gasteiger partial charge is 0.335 e. The van der Waals surface area contributed by atoms with E-state index in [4.69, 9.17) is 5.11 Å². The highest BCUT2D eigenvalue weighted by Crippen LogP contribution is 2.17. The number of carboxylic acids is 1. The van der Waals surface area contributed by atoms with Crippen molar-refractivity contribution in [2.75, 3.05) is 18.0 Å². The second-order valence-electron chi connectivity index (χ2n) is 3.61. The average Bonchev–Trinajstić information content (AvgIpc) is 2.32. The second-order valence-corrected chi connectivity index (χ2v) is 3.61. The summed E-state index contributed by atoms with van der Waals surface area (Å²) in [7, 11) is 0. The van der Waals surface area contributed by atoms with Crippen LogP contribution in [0, 0.1) is 0 Å². The number of nitrogens with zero attached hydrogens (tertiary/aromatic N) is 1. The standard InChI is InChI=1S/C11H10N2O4/c14-9-6-13(10(15)5-12-9)8-3-1-2-7(4-8)11(16)17/h1-4H,5-6H2,(H,12,14)(H,16,17). The van der Waals surface area contributed by atoms with Gasteiger partial charge in [0.05, 0.1) is 12.1 Å². The topological polar surface area (TPSA) is 86.7 Å². The number of carbonyl (C=O) groups excluding carboxylic acids is 2. The first-order valence-corrected chi connectivity index (χ1v) is 4.98. The third-order valence-electron chi connectivity index (χ3n) is 2.44.